The van der Waals surface area contributed by atoms with Gasteiger partial charge < -0.3 is 19.2 Å². The molecular weight excluding hydrogens is 417 g/mol. The van der Waals surface area contributed by atoms with Crippen LogP contribution in [0.25, 0.3) is 16.8 Å². The van der Waals surface area contributed by atoms with E-state index in [-0.39, 0.29) is 23.0 Å². The number of hydrogen-bond donors (Lipinski definition) is 2. The molecule has 3 heterocycles. The molecule has 9 heteroatoms. The first-order chi connectivity index (χ1) is 15.5. The van der Waals surface area contributed by atoms with E-state index in [9.17, 15) is 19.1 Å². The first-order valence-electron chi connectivity index (χ1n) is 9.62. The van der Waals surface area contributed by atoms with E-state index in [4.69, 9.17) is 9.15 Å². The Balaban J connectivity index is 1.71. The van der Waals surface area contributed by atoms with Crippen LogP contribution >= 0.6 is 0 Å². The first kappa shape index (κ1) is 19.6. The van der Waals surface area contributed by atoms with Gasteiger partial charge in [0, 0.05) is 5.56 Å². The van der Waals surface area contributed by atoms with Crippen LogP contribution in [-0.4, -0.2) is 33.9 Å². The number of carbonyl (C=O) groups excluding carboxylic acids is 2. The number of methoxy groups -OCH3 is 1. The molecule has 5 rings (SSSR count). The molecule has 0 bridgehead atoms. The minimum absolute atomic E-state index is 0.0267. The molecule has 1 aliphatic heterocycles. The Labute approximate surface area is 180 Å². The number of benzene rings is 2. The van der Waals surface area contributed by atoms with Crippen molar-refractivity contribution in [2.24, 2.45) is 0 Å². The van der Waals surface area contributed by atoms with Gasteiger partial charge in [-0.25, -0.2) is 9.37 Å². The SMILES string of the molecule is COc1cccc(/C(O)=C2\C(=O)C(=O)N(c3nc4ccc(F)cc4[nH]3)C2c2ccco2)c1. The molecule has 160 valence electrons. The number of aliphatic hydroxyl groups is 1. The van der Waals surface area contributed by atoms with Crippen LogP contribution in [0.2, 0.25) is 0 Å². The van der Waals surface area contributed by atoms with E-state index in [1.807, 2.05) is 0 Å². The summed E-state index contributed by atoms with van der Waals surface area (Å²) in [5.41, 5.74) is 0.901. The summed E-state index contributed by atoms with van der Waals surface area (Å²) in [6.07, 6.45) is 1.40. The highest BCUT2D eigenvalue weighted by molar-refractivity contribution is 6.51. The van der Waals surface area contributed by atoms with E-state index in [0.717, 1.165) is 4.90 Å². The van der Waals surface area contributed by atoms with Crippen molar-refractivity contribution >= 4 is 34.4 Å². The number of anilines is 1. The quantitative estimate of drug-likeness (QED) is 0.287. The Kier molecular flexibility index (Phi) is 4.51. The van der Waals surface area contributed by atoms with Crippen LogP contribution in [-0.2, 0) is 9.59 Å². The average Bonchev–Trinajstić information content (AvgIpc) is 3.52. The number of rotatable bonds is 4. The van der Waals surface area contributed by atoms with Gasteiger partial charge in [0.25, 0.3) is 5.78 Å². The Bertz CT molecular complexity index is 1390. The number of furan rings is 1. The number of imidazole rings is 1. The van der Waals surface area contributed by atoms with Gasteiger partial charge in [-0.15, -0.1) is 0 Å². The molecule has 8 nitrogen and oxygen atoms in total. The maximum absolute atomic E-state index is 13.6. The number of fused-ring (bicyclic) bond motifs is 1. The minimum Gasteiger partial charge on any atom is -0.507 e. The zero-order valence-electron chi connectivity index (χ0n) is 16.7. The summed E-state index contributed by atoms with van der Waals surface area (Å²) < 4.78 is 24.3. The fourth-order valence-corrected chi connectivity index (χ4v) is 3.78. The van der Waals surface area contributed by atoms with Gasteiger partial charge in [-0.3, -0.25) is 14.5 Å². The molecule has 1 aliphatic rings. The first-order valence-corrected chi connectivity index (χ1v) is 9.62. The van der Waals surface area contributed by atoms with Crippen LogP contribution in [0.5, 0.6) is 5.75 Å². The minimum atomic E-state index is -1.08. The van der Waals surface area contributed by atoms with Crippen molar-refractivity contribution in [1.29, 1.82) is 0 Å². The Hall–Kier alpha value is -4.40. The predicted molar refractivity (Wildman–Crippen MR) is 113 cm³/mol. The monoisotopic (exact) mass is 433 g/mol. The average molecular weight is 433 g/mol. The maximum atomic E-state index is 13.6. The zero-order valence-corrected chi connectivity index (χ0v) is 16.7. The fraction of sp³-hybridized carbons (Fsp3) is 0.0870. The number of hydrogen-bond acceptors (Lipinski definition) is 6. The van der Waals surface area contributed by atoms with Crippen molar-refractivity contribution in [3.63, 3.8) is 0 Å². The molecule has 2 aromatic carbocycles. The number of ketones is 1. The lowest BCUT2D eigenvalue weighted by atomic mass is 9.99. The summed E-state index contributed by atoms with van der Waals surface area (Å²) in [6.45, 7) is 0. The van der Waals surface area contributed by atoms with E-state index in [0.29, 0.717) is 22.3 Å². The molecule has 32 heavy (non-hydrogen) atoms. The summed E-state index contributed by atoms with van der Waals surface area (Å²) in [6, 6.07) is 12.5. The molecule has 1 amide bonds. The lowest BCUT2D eigenvalue weighted by Gasteiger charge is -2.20. The number of carbonyl (C=O) groups is 2. The molecule has 1 saturated heterocycles. The van der Waals surface area contributed by atoms with Crippen molar-refractivity contribution in [1.82, 2.24) is 9.97 Å². The molecule has 1 atom stereocenters. The third-order valence-corrected chi connectivity index (χ3v) is 5.26. The third-order valence-electron chi connectivity index (χ3n) is 5.26. The van der Waals surface area contributed by atoms with Crippen LogP contribution in [0.15, 0.2) is 70.9 Å². The zero-order chi connectivity index (χ0) is 22.4. The van der Waals surface area contributed by atoms with Gasteiger partial charge >= 0.3 is 5.91 Å². The fourth-order valence-electron chi connectivity index (χ4n) is 3.78. The van der Waals surface area contributed by atoms with E-state index < -0.39 is 23.5 Å². The highest BCUT2D eigenvalue weighted by Gasteiger charge is 2.49. The highest BCUT2D eigenvalue weighted by Crippen LogP contribution is 2.42. The summed E-state index contributed by atoms with van der Waals surface area (Å²) >= 11 is 0. The van der Waals surface area contributed by atoms with Gasteiger partial charge in [0.1, 0.15) is 29.1 Å². The molecule has 2 aromatic heterocycles. The third kappa shape index (κ3) is 3.02. The van der Waals surface area contributed by atoms with Crippen LogP contribution in [0.3, 0.4) is 0 Å². The molecule has 0 saturated carbocycles. The van der Waals surface area contributed by atoms with Gasteiger partial charge in [0.05, 0.1) is 30.0 Å². The second-order valence-corrected chi connectivity index (χ2v) is 7.14. The molecule has 1 unspecified atom stereocenters. The van der Waals surface area contributed by atoms with E-state index in [1.54, 1.807) is 36.4 Å². The van der Waals surface area contributed by atoms with E-state index in [2.05, 4.69) is 9.97 Å². The number of ether oxygens (including phenoxy) is 1. The van der Waals surface area contributed by atoms with Crippen molar-refractivity contribution in [2.45, 2.75) is 6.04 Å². The molecule has 1 fully saturated rings. The topological polar surface area (TPSA) is 109 Å². The number of nitrogens with one attached hydrogen (secondary N) is 1. The lowest BCUT2D eigenvalue weighted by Crippen LogP contribution is -2.30. The number of H-pyrrole nitrogens is 1. The smallest absolute Gasteiger partial charge is 0.302 e. The molecule has 0 radical (unpaired) electrons. The molecule has 4 aromatic rings. The van der Waals surface area contributed by atoms with Gasteiger partial charge in [-0.1, -0.05) is 12.1 Å². The summed E-state index contributed by atoms with van der Waals surface area (Å²) in [7, 11) is 1.48. The van der Waals surface area contributed by atoms with Crippen molar-refractivity contribution in [3.8, 4) is 5.75 Å². The number of amides is 1. The molecular formula is C23H16FN3O5. The van der Waals surface area contributed by atoms with Crippen LogP contribution in [0.4, 0.5) is 10.3 Å². The van der Waals surface area contributed by atoms with Crippen molar-refractivity contribution in [2.75, 3.05) is 12.0 Å². The van der Waals surface area contributed by atoms with E-state index >= 15 is 0 Å². The maximum Gasteiger partial charge on any atom is 0.302 e. The summed E-state index contributed by atoms with van der Waals surface area (Å²) in [5.74, 6) is -1.92. The molecule has 2 N–H and O–H groups in total. The molecule has 0 aliphatic carbocycles. The largest absolute Gasteiger partial charge is 0.507 e. The second-order valence-electron chi connectivity index (χ2n) is 7.14. The van der Waals surface area contributed by atoms with Crippen LogP contribution in [0, 0.1) is 5.82 Å². The normalized spacial score (nSPS) is 17.9. The number of aromatic amines is 1. The highest BCUT2D eigenvalue weighted by atomic mass is 19.1. The second kappa shape index (κ2) is 7.38. The van der Waals surface area contributed by atoms with Crippen LogP contribution < -0.4 is 9.64 Å². The lowest BCUT2D eigenvalue weighted by molar-refractivity contribution is -0.132. The van der Waals surface area contributed by atoms with Gasteiger partial charge in [-0.2, -0.15) is 0 Å². The number of nitrogens with zero attached hydrogens (tertiary/aromatic N) is 2. The van der Waals surface area contributed by atoms with E-state index in [1.165, 1.54) is 31.6 Å². The Morgan fingerprint density at radius 1 is 1.19 bits per heavy atom. The molecule has 0 spiro atoms. The number of aliphatic hydroxyl groups excluding tert-OH is 1. The van der Waals surface area contributed by atoms with Gasteiger partial charge in [0.15, 0.2) is 0 Å². The summed E-state index contributed by atoms with van der Waals surface area (Å²) in [4.78, 5) is 34.4. The van der Waals surface area contributed by atoms with Gasteiger partial charge in [0.2, 0.25) is 5.95 Å². The number of aromatic nitrogens is 2. The standard InChI is InChI=1S/C23H16FN3O5/c1-31-14-5-2-4-12(10-14)20(28)18-19(17-6-3-9-32-17)27(22(30)21(18)29)23-25-15-8-7-13(24)11-16(15)26-23/h2-11,19,28H,1H3,(H,25,26)/b20-18+. The van der Waals surface area contributed by atoms with Crippen molar-refractivity contribution in [3.05, 3.63) is 83.6 Å². The van der Waals surface area contributed by atoms with Crippen molar-refractivity contribution < 1.29 is 28.2 Å². The number of Topliss-reactive ketones (excluding diaryl/α,β-unsaturated/α-hetero) is 1. The van der Waals surface area contributed by atoms with Gasteiger partial charge in [-0.05, 0) is 42.5 Å². The Morgan fingerprint density at radius 2 is 2.03 bits per heavy atom. The van der Waals surface area contributed by atoms with Crippen LogP contribution in [0.1, 0.15) is 17.4 Å². The summed E-state index contributed by atoms with van der Waals surface area (Å²) in [5, 5.41) is 11.0. The number of halogens is 1. The predicted octanol–water partition coefficient (Wildman–Crippen LogP) is 3.93. The Morgan fingerprint density at radius 3 is 2.78 bits per heavy atom.